The maximum atomic E-state index is 14.2. The molecule has 0 atom stereocenters. The zero-order chi connectivity index (χ0) is 19.8. The van der Waals surface area contributed by atoms with Crippen molar-refractivity contribution in [2.45, 2.75) is 38.2 Å². The van der Waals surface area contributed by atoms with Crippen molar-refractivity contribution in [3.8, 4) is 11.3 Å². The summed E-state index contributed by atoms with van der Waals surface area (Å²) in [7, 11) is 0. The van der Waals surface area contributed by atoms with Crippen LogP contribution >= 0.6 is 0 Å². The van der Waals surface area contributed by atoms with Gasteiger partial charge in [-0.2, -0.15) is 0 Å². The molecule has 1 saturated carbocycles. The molecule has 0 unspecified atom stereocenters. The first kappa shape index (κ1) is 19.5. The number of hydrogen-bond acceptors (Lipinski definition) is 2. The minimum Gasteiger partial charge on any atom is -0.389 e. The normalized spacial score (nSPS) is 21.5. The molecular formula is C21H23F3N2O. The van der Waals surface area contributed by atoms with Crippen molar-refractivity contribution in [1.82, 2.24) is 4.98 Å². The van der Waals surface area contributed by atoms with Crippen LogP contribution in [0.2, 0.25) is 0 Å². The molecule has 0 saturated heterocycles. The summed E-state index contributed by atoms with van der Waals surface area (Å²) in [5.41, 5.74) is 6.88. The topological polar surface area (TPSA) is 62.0 Å². The van der Waals surface area contributed by atoms with E-state index in [1.807, 2.05) is 13.8 Å². The third-order valence-electron chi connectivity index (χ3n) is 5.04. The van der Waals surface area contributed by atoms with Crippen LogP contribution in [0.3, 0.4) is 0 Å². The van der Waals surface area contributed by atoms with E-state index in [2.05, 4.69) is 4.98 Å². The van der Waals surface area contributed by atoms with E-state index in [0.29, 0.717) is 29.5 Å². The minimum atomic E-state index is -0.944. The molecule has 144 valence electrons. The van der Waals surface area contributed by atoms with Crippen molar-refractivity contribution < 1.29 is 18.3 Å². The van der Waals surface area contributed by atoms with E-state index in [0.717, 1.165) is 11.6 Å². The lowest BCUT2D eigenvalue weighted by molar-refractivity contribution is -0.0396. The van der Waals surface area contributed by atoms with Gasteiger partial charge in [-0.25, -0.2) is 13.2 Å². The number of aromatic amines is 1. The molecule has 2 aromatic carbocycles. The zero-order valence-electron chi connectivity index (χ0n) is 15.3. The molecule has 1 aliphatic rings. The predicted molar refractivity (Wildman–Crippen MR) is 101 cm³/mol. The van der Waals surface area contributed by atoms with Crippen LogP contribution in [0.4, 0.5) is 13.2 Å². The van der Waals surface area contributed by atoms with Crippen LogP contribution < -0.4 is 5.73 Å². The van der Waals surface area contributed by atoms with Gasteiger partial charge in [-0.3, -0.25) is 0 Å². The Morgan fingerprint density at radius 2 is 1.70 bits per heavy atom. The third-order valence-corrected chi connectivity index (χ3v) is 5.04. The highest BCUT2D eigenvalue weighted by atomic mass is 19.1. The molecule has 0 radical (unpaired) electrons. The average molecular weight is 376 g/mol. The van der Waals surface area contributed by atoms with E-state index in [1.54, 1.807) is 12.1 Å². The number of rotatable bonds is 3. The van der Waals surface area contributed by atoms with Crippen LogP contribution in [-0.2, 0) is 0 Å². The second-order valence-electron chi connectivity index (χ2n) is 6.76. The molecule has 27 heavy (non-hydrogen) atoms. The number of H-pyrrole nitrogens is 1. The molecule has 0 aliphatic heterocycles. The van der Waals surface area contributed by atoms with Gasteiger partial charge < -0.3 is 15.8 Å². The zero-order valence-corrected chi connectivity index (χ0v) is 15.3. The van der Waals surface area contributed by atoms with Gasteiger partial charge in [0.1, 0.15) is 17.5 Å². The van der Waals surface area contributed by atoms with Gasteiger partial charge in [0, 0.05) is 18.0 Å². The van der Waals surface area contributed by atoms with Crippen LogP contribution in [0.1, 0.15) is 38.2 Å². The van der Waals surface area contributed by atoms with Crippen molar-refractivity contribution in [3.63, 3.8) is 0 Å². The van der Waals surface area contributed by atoms with Gasteiger partial charge in [-0.15, -0.1) is 0 Å². The summed E-state index contributed by atoms with van der Waals surface area (Å²) in [5, 5.41) is 10.7. The van der Waals surface area contributed by atoms with E-state index >= 15 is 0 Å². The Balaban J connectivity index is 0.00000102. The van der Waals surface area contributed by atoms with E-state index < -0.39 is 17.2 Å². The third kappa shape index (κ3) is 3.47. The van der Waals surface area contributed by atoms with Crippen LogP contribution in [-0.4, -0.2) is 22.2 Å². The lowest BCUT2D eigenvalue weighted by Gasteiger charge is -2.43. The molecule has 0 spiro atoms. The van der Waals surface area contributed by atoms with Crippen molar-refractivity contribution in [2.24, 2.45) is 5.73 Å². The summed E-state index contributed by atoms with van der Waals surface area (Å²) in [6.07, 6.45) is 0.839. The highest BCUT2D eigenvalue weighted by Crippen LogP contribution is 2.49. The number of halogens is 3. The van der Waals surface area contributed by atoms with E-state index in [9.17, 15) is 18.3 Å². The van der Waals surface area contributed by atoms with Gasteiger partial charge in [0.25, 0.3) is 0 Å². The Morgan fingerprint density at radius 3 is 2.30 bits per heavy atom. The first-order valence-corrected chi connectivity index (χ1v) is 9.09. The number of aliphatic hydroxyl groups is 1. The molecular weight excluding hydrogens is 353 g/mol. The van der Waals surface area contributed by atoms with E-state index in [1.165, 1.54) is 18.2 Å². The van der Waals surface area contributed by atoms with Gasteiger partial charge in [0.15, 0.2) is 0 Å². The number of nitrogens with one attached hydrogen (secondary N) is 1. The molecule has 1 aliphatic carbocycles. The first-order valence-electron chi connectivity index (χ1n) is 9.09. The van der Waals surface area contributed by atoms with Crippen molar-refractivity contribution in [3.05, 3.63) is 59.4 Å². The molecule has 4 rings (SSSR count). The van der Waals surface area contributed by atoms with Crippen LogP contribution in [0.5, 0.6) is 0 Å². The smallest absolute Gasteiger partial charge is 0.150 e. The van der Waals surface area contributed by atoms with Gasteiger partial charge in [-0.05, 0) is 60.2 Å². The molecule has 3 nitrogen and oxygen atoms in total. The Bertz CT molecular complexity index is 944. The summed E-state index contributed by atoms with van der Waals surface area (Å²) in [4.78, 5) is 3.01. The number of aromatic nitrogens is 1. The fourth-order valence-electron chi connectivity index (χ4n) is 3.74. The fourth-order valence-corrected chi connectivity index (χ4v) is 3.74. The predicted octanol–water partition coefficient (Wildman–Crippen LogP) is 4.85. The second-order valence-corrected chi connectivity index (χ2v) is 6.76. The maximum Gasteiger partial charge on any atom is 0.150 e. The molecule has 6 heteroatoms. The molecule has 0 amide bonds. The summed E-state index contributed by atoms with van der Waals surface area (Å²) >= 11 is 0. The highest BCUT2D eigenvalue weighted by molar-refractivity contribution is 5.92. The van der Waals surface area contributed by atoms with Crippen LogP contribution in [0.15, 0.2) is 36.4 Å². The molecule has 1 aromatic heterocycles. The summed E-state index contributed by atoms with van der Waals surface area (Å²) in [6.45, 7) is 4.14. The molecule has 1 fully saturated rings. The molecule has 3 aromatic rings. The average Bonchev–Trinajstić information content (AvgIpc) is 3.00. The summed E-state index contributed by atoms with van der Waals surface area (Å²) < 4.78 is 41.2. The Hall–Kier alpha value is -2.31. The van der Waals surface area contributed by atoms with Crippen LogP contribution in [0, 0.1) is 17.5 Å². The van der Waals surface area contributed by atoms with E-state index in [4.69, 9.17) is 5.73 Å². The van der Waals surface area contributed by atoms with Crippen molar-refractivity contribution in [1.29, 1.82) is 0 Å². The summed E-state index contributed by atoms with van der Waals surface area (Å²) in [6, 6.07) is 7.93. The monoisotopic (exact) mass is 376 g/mol. The quantitative estimate of drug-likeness (QED) is 0.612. The lowest BCUT2D eigenvalue weighted by Crippen LogP contribution is -2.48. The lowest BCUT2D eigenvalue weighted by atomic mass is 9.67. The van der Waals surface area contributed by atoms with Crippen LogP contribution in [0.25, 0.3) is 22.2 Å². The van der Waals surface area contributed by atoms with Gasteiger partial charge >= 0.3 is 0 Å². The standard InChI is InChI=1S/C19H17F3N2O.C2H6/c20-12-3-1-10(2-4-12)17-16(11-7-19(25,8-11)9-23)14-5-13(21)6-15(22)18(14)24-17;1-2/h1-6,11,24-25H,7-9,23H2;1-2H3. The SMILES string of the molecule is CC.NCC1(O)CC(c2c(-c3ccc(F)cc3)[nH]c3c(F)cc(F)cc23)C1. The Labute approximate surface area is 156 Å². The van der Waals surface area contributed by atoms with Gasteiger partial charge in [0.05, 0.1) is 16.8 Å². The van der Waals surface area contributed by atoms with Gasteiger partial charge in [-0.1, -0.05) is 13.8 Å². The number of hydrogen-bond donors (Lipinski definition) is 3. The fraction of sp³-hybridized carbons (Fsp3) is 0.333. The van der Waals surface area contributed by atoms with E-state index in [-0.39, 0.29) is 23.8 Å². The number of fused-ring (bicyclic) bond motifs is 1. The van der Waals surface area contributed by atoms with Crippen molar-refractivity contribution in [2.75, 3.05) is 6.54 Å². The first-order chi connectivity index (χ1) is 12.9. The highest BCUT2D eigenvalue weighted by Gasteiger charge is 2.44. The number of nitrogens with two attached hydrogens (primary N) is 1. The minimum absolute atomic E-state index is 0.0800. The Kier molecular flexibility index (Phi) is 5.31. The maximum absolute atomic E-state index is 14.2. The largest absolute Gasteiger partial charge is 0.389 e. The molecule has 4 N–H and O–H groups in total. The van der Waals surface area contributed by atoms with Crippen molar-refractivity contribution >= 4 is 10.9 Å². The van der Waals surface area contributed by atoms with Gasteiger partial charge in [0.2, 0.25) is 0 Å². The second kappa shape index (κ2) is 7.37. The summed E-state index contributed by atoms with van der Waals surface area (Å²) in [5.74, 6) is -1.80. The Morgan fingerprint density at radius 1 is 1.07 bits per heavy atom. The molecule has 1 heterocycles. The molecule has 0 bridgehead atoms. The number of benzene rings is 2.